The molecule has 0 saturated heterocycles. The molecule has 10 nitrogen and oxygen atoms in total. The number of carbonyl (C=O) groups excluding carboxylic acids is 3. The third kappa shape index (κ3) is 5.86. The number of nitrogens with one attached hydrogen (secondary N) is 2. The van der Waals surface area contributed by atoms with Gasteiger partial charge in [-0.3, -0.25) is 4.98 Å². The van der Waals surface area contributed by atoms with Crippen molar-refractivity contribution in [2.75, 3.05) is 32.0 Å². The van der Waals surface area contributed by atoms with E-state index in [1.54, 1.807) is 30.6 Å². The SMILES string of the molecule is COC(=O)c1scc(NC(=O)Nc2cc(OCc3ccc(Cl)c4ccncc34)c(OC)cc2F)c1C(=O)OC. The van der Waals surface area contributed by atoms with Crippen molar-refractivity contribution in [2.24, 2.45) is 0 Å². The normalized spacial score (nSPS) is 10.6. The summed E-state index contributed by atoms with van der Waals surface area (Å²) in [5, 5.41) is 8.31. The predicted octanol–water partition coefficient (Wildman–Crippen LogP) is 5.89. The zero-order valence-corrected chi connectivity index (χ0v) is 22.4. The largest absolute Gasteiger partial charge is 0.493 e. The Morgan fingerprint density at radius 3 is 2.44 bits per heavy atom. The van der Waals surface area contributed by atoms with Crippen LogP contribution >= 0.6 is 22.9 Å². The van der Waals surface area contributed by atoms with E-state index in [-0.39, 0.29) is 39.9 Å². The summed E-state index contributed by atoms with van der Waals surface area (Å²) in [6.45, 7) is 0.0701. The van der Waals surface area contributed by atoms with E-state index in [4.69, 9.17) is 25.8 Å². The van der Waals surface area contributed by atoms with Crippen molar-refractivity contribution in [1.82, 2.24) is 4.98 Å². The zero-order chi connectivity index (χ0) is 28.1. The van der Waals surface area contributed by atoms with E-state index in [9.17, 15) is 18.8 Å². The van der Waals surface area contributed by atoms with Crippen LogP contribution in [-0.4, -0.2) is 44.3 Å². The Balaban J connectivity index is 1.56. The van der Waals surface area contributed by atoms with Gasteiger partial charge in [0.15, 0.2) is 17.3 Å². The van der Waals surface area contributed by atoms with E-state index in [1.807, 2.05) is 0 Å². The van der Waals surface area contributed by atoms with E-state index in [1.165, 1.54) is 18.6 Å². The van der Waals surface area contributed by atoms with Crippen molar-refractivity contribution in [3.63, 3.8) is 0 Å². The lowest BCUT2D eigenvalue weighted by Gasteiger charge is -2.15. The number of carbonyl (C=O) groups is 3. The highest BCUT2D eigenvalue weighted by atomic mass is 35.5. The standard InChI is InChI=1S/C26H21ClFN3O7S/c1-35-20-8-17(28)18(9-21(20)38-11-13-4-5-16(27)14-6-7-29-10-15(13)14)30-26(34)31-19-12-39-23(25(33)37-3)22(19)24(32)36-2/h4-10,12H,11H2,1-3H3,(H2,30,31,34). The number of thiophene rings is 1. The summed E-state index contributed by atoms with van der Waals surface area (Å²) in [7, 11) is 3.64. The number of aromatic nitrogens is 1. The average molecular weight is 574 g/mol. The molecule has 4 rings (SSSR count). The second-order valence-electron chi connectivity index (χ2n) is 7.82. The molecule has 0 bridgehead atoms. The summed E-state index contributed by atoms with van der Waals surface area (Å²) in [5.74, 6) is -2.18. The number of nitrogens with zero attached hydrogens (tertiary/aromatic N) is 1. The molecule has 0 radical (unpaired) electrons. The number of fused-ring (bicyclic) bond motifs is 1. The van der Waals surface area contributed by atoms with Gasteiger partial charge in [0.1, 0.15) is 17.0 Å². The zero-order valence-electron chi connectivity index (χ0n) is 20.8. The Kier molecular flexibility index (Phi) is 8.47. The number of amides is 2. The minimum Gasteiger partial charge on any atom is -0.493 e. The summed E-state index contributed by atoms with van der Waals surface area (Å²) in [6, 6.07) is 6.75. The van der Waals surface area contributed by atoms with Gasteiger partial charge in [-0.05, 0) is 17.7 Å². The highest BCUT2D eigenvalue weighted by Crippen LogP contribution is 2.35. The summed E-state index contributed by atoms with van der Waals surface area (Å²) in [5.41, 5.74) is 0.344. The monoisotopic (exact) mass is 573 g/mol. The first-order valence-electron chi connectivity index (χ1n) is 11.1. The van der Waals surface area contributed by atoms with E-state index >= 15 is 0 Å². The van der Waals surface area contributed by atoms with Crippen LogP contribution in [0.1, 0.15) is 25.6 Å². The van der Waals surface area contributed by atoms with Crippen LogP contribution < -0.4 is 20.1 Å². The van der Waals surface area contributed by atoms with Crippen molar-refractivity contribution in [2.45, 2.75) is 6.61 Å². The Hall–Kier alpha value is -4.42. The number of methoxy groups -OCH3 is 3. The summed E-state index contributed by atoms with van der Waals surface area (Å²) in [4.78, 5) is 41.0. The first-order chi connectivity index (χ1) is 18.8. The molecule has 39 heavy (non-hydrogen) atoms. The summed E-state index contributed by atoms with van der Waals surface area (Å²) < 4.78 is 35.4. The number of urea groups is 1. The predicted molar refractivity (Wildman–Crippen MR) is 144 cm³/mol. The fraction of sp³-hybridized carbons (Fsp3) is 0.154. The minimum atomic E-state index is -0.890. The highest BCUT2D eigenvalue weighted by molar-refractivity contribution is 7.13. The van der Waals surface area contributed by atoms with Gasteiger partial charge in [0.25, 0.3) is 0 Å². The van der Waals surface area contributed by atoms with Crippen molar-refractivity contribution in [3.05, 3.63) is 74.9 Å². The molecular formula is C26H21ClFN3O7S. The molecule has 2 heterocycles. The Bertz CT molecular complexity index is 1580. The molecule has 202 valence electrons. The number of ether oxygens (including phenoxy) is 4. The smallest absolute Gasteiger partial charge is 0.349 e. The molecule has 2 aromatic heterocycles. The van der Waals surface area contributed by atoms with Crippen LogP contribution in [0.4, 0.5) is 20.6 Å². The molecule has 0 unspecified atom stereocenters. The third-order valence-electron chi connectivity index (χ3n) is 5.54. The van der Waals surface area contributed by atoms with Crippen molar-refractivity contribution in [3.8, 4) is 11.5 Å². The van der Waals surface area contributed by atoms with Gasteiger partial charge in [-0.2, -0.15) is 0 Å². The lowest BCUT2D eigenvalue weighted by Crippen LogP contribution is -2.22. The van der Waals surface area contributed by atoms with Crippen LogP contribution in [-0.2, 0) is 16.1 Å². The van der Waals surface area contributed by atoms with Gasteiger partial charge in [-0.25, -0.2) is 18.8 Å². The maximum absolute atomic E-state index is 14.8. The van der Waals surface area contributed by atoms with E-state index in [0.717, 1.165) is 48.0 Å². The highest BCUT2D eigenvalue weighted by Gasteiger charge is 2.26. The molecule has 0 fully saturated rings. The second-order valence-corrected chi connectivity index (χ2v) is 9.10. The van der Waals surface area contributed by atoms with Crippen molar-refractivity contribution >= 4 is 63.1 Å². The van der Waals surface area contributed by atoms with Gasteiger partial charge in [-0.1, -0.05) is 17.7 Å². The van der Waals surface area contributed by atoms with Gasteiger partial charge in [0.05, 0.1) is 32.7 Å². The van der Waals surface area contributed by atoms with Gasteiger partial charge in [0.2, 0.25) is 0 Å². The number of anilines is 2. The molecule has 2 N–H and O–H groups in total. The second kappa shape index (κ2) is 12.0. The molecule has 0 aliphatic carbocycles. The van der Waals surface area contributed by atoms with E-state index in [2.05, 4.69) is 20.4 Å². The first-order valence-corrected chi connectivity index (χ1v) is 12.4. The molecule has 0 aliphatic heterocycles. The molecular weight excluding hydrogens is 553 g/mol. The van der Waals surface area contributed by atoms with Crippen molar-refractivity contribution < 1.29 is 37.7 Å². The fourth-order valence-corrected chi connectivity index (χ4v) is 4.80. The maximum Gasteiger partial charge on any atom is 0.349 e. The number of benzene rings is 2. The van der Waals surface area contributed by atoms with Crippen molar-refractivity contribution in [1.29, 1.82) is 0 Å². The summed E-state index contributed by atoms with van der Waals surface area (Å²) >= 11 is 7.15. The van der Waals surface area contributed by atoms with Gasteiger partial charge in [0, 0.05) is 45.7 Å². The number of rotatable bonds is 8. The van der Waals surface area contributed by atoms with Crippen LogP contribution in [0, 0.1) is 5.82 Å². The number of hydrogen-bond acceptors (Lipinski definition) is 9. The number of hydrogen-bond donors (Lipinski definition) is 2. The number of halogens is 2. The molecule has 0 atom stereocenters. The Labute approximate surface area is 230 Å². The van der Waals surface area contributed by atoms with Gasteiger partial charge in [-0.15, -0.1) is 11.3 Å². The molecule has 13 heteroatoms. The fourth-order valence-electron chi connectivity index (χ4n) is 3.67. The number of pyridine rings is 1. The van der Waals surface area contributed by atoms with E-state index in [0.29, 0.717) is 5.02 Å². The van der Waals surface area contributed by atoms with Crippen LogP contribution in [0.15, 0.2) is 48.1 Å². The van der Waals surface area contributed by atoms with Crippen LogP contribution in [0.3, 0.4) is 0 Å². The minimum absolute atomic E-state index is 0.0154. The quantitative estimate of drug-likeness (QED) is 0.250. The average Bonchev–Trinajstić information content (AvgIpc) is 3.36. The molecule has 2 aromatic carbocycles. The maximum atomic E-state index is 14.8. The Morgan fingerprint density at radius 2 is 1.72 bits per heavy atom. The van der Waals surface area contributed by atoms with E-state index < -0.39 is 23.8 Å². The lowest BCUT2D eigenvalue weighted by molar-refractivity contribution is 0.0561. The van der Waals surface area contributed by atoms with Crippen LogP contribution in [0.25, 0.3) is 10.8 Å². The molecule has 2 amide bonds. The molecule has 0 saturated carbocycles. The summed E-state index contributed by atoms with van der Waals surface area (Å²) in [6.07, 6.45) is 3.29. The number of esters is 2. The molecule has 0 aliphatic rings. The van der Waals surface area contributed by atoms with Gasteiger partial charge < -0.3 is 29.6 Å². The lowest BCUT2D eigenvalue weighted by atomic mass is 10.1. The molecule has 0 spiro atoms. The topological polar surface area (TPSA) is 125 Å². The molecule has 4 aromatic rings. The third-order valence-corrected chi connectivity index (χ3v) is 6.83. The van der Waals surface area contributed by atoms with Crippen LogP contribution in [0.5, 0.6) is 11.5 Å². The van der Waals surface area contributed by atoms with Crippen LogP contribution in [0.2, 0.25) is 5.02 Å². The first kappa shape index (κ1) is 27.6. The van der Waals surface area contributed by atoms with Gasteiger partial charge >= 0.3 is 18.0 Å². The Morgan fingerprint density at radius 1 is 0.974 bits per heavy atom.